The summed E-state index contributed by atoms with van der Waals surface area (Å²) in [5, 5.41) is 0. The van der Waals surface area contributed by atoms with Crippen molar-refractivity contribution in [1.82, 2.24) is 4.90 Å². The lowest BCUT2D eigenvalue weighted by Gasteiger charge is -2.33. The minimum absolute atomic E-state index is 0.164. The lowest BCUT2D eigenvalue weighted by molar-refractivity contribution is -0.138. The third-order valence-corrected chi connectivity index (χ3v) is 5.69. The lowest BCUT2D eigenvalue weighted by Crippen LogP contribution is -2.48. The average molecular weight is 248 g/mol. The fourth-order valence-corrected chi connectivity index (χ4v) is 4.28. The van der Waals surface area contributed by atoms with E-state index < -0.39 is 0 Å². The molecule has 100 valence electrons. The second kappa shape index (κ2) is 3.96. The molecule has 1 amide bonds. The third kappa shape index (κ3) is 1.78. The number of nitrogens with zero attached hydrogens (tertiary/aromatic N) is 1. The van der Waals surface area contributed by atoms with Gasteiger partial charge in [-0.05, 0) is 62.7 Å². The van der Waals surface area contributed by atoms with Gasteiger partial charge in [-0.1, -0.05) is 0 Å². The molecular formula is C15H24N2O. The van der Waals surface area contributed by atoms with Gasteiger partial charge in [-0.2, -0.15) is 0 Å². The number of nitrogens with two attached hydrogens (primary N) is 1. The van der Waals surface area contributed by atoms with Gasteiger partial charge in [0, 0.05) is 18.6 Å². The molecule has 0 aromatic carbocycles. The van der Waals surface area contributed by atoms with Crippen LogP contribution in [-0.2, 0) is 4.79 Å². The molecule has 4 aliphatic carbocycles. The van der Waals surface area contributed by atoms with Crippen LogP contribution >= 0.6 is 0 Å². The predicted octanol–water partition coefficient (Wildman–Crippen LogP) is 1.76. The van der Waals surface area contributed by atoms with Crippen molar-refractivity contribution < 1.29 is 4.79 Å². The van der Waals surface area contributed by atoms with Gasteiger partial charge >= 0.3 is 0 Å². The Hall–Kier alpha value is -0.570. The molecule has 0 aliphatic heterocycles. The quantitative estimate of drug-likeness (QED) is 0.824. The first-order chi connectivity index (χ1) is 8.74. The van der Waals surface area contributed by atoms with Crippen molar-refractivity contribution in [3.8, 4) is 0 Å². The highest BCUT2D eigenvalue weighted by Crippen LogP contribution is 2.49. The van der Waals surface area contributed by atoms with E-state index in [1.165, 1.54) is 44.9 Å². The van der Waals surface area contributed by atoms with Gasteiger partial charge in [0.1, 0.15) is 0 Å². The molecule has 4 fully saturated rings. The summed E-state index contributed by atoms with van der Waals surface area (Å²) in [5.74, 6) is 2.65. The second-order valence-electron chi connectivity index (χ2n) is 7.10. The molecule has 0 spiro atoms. The number of rotatable bonds is 4. The highest BCUT2D eigenvalue weighted by atomic mass is 16.2. The van der Waals surface area contributed by atoms with Crippen LogP contribution < -0.4 is 5.73 Å². The monoisotopic (exact) mass is 248 g/mol. The Bertz CT molecular complexity index is 360. The number of carbonyl (C=O) groups excluding carboxylic acids is 1. The minimum atomic E-state index is 0.164. The summed E-state index contributed by atoms with van der Waals surface area (Å²) in [6, 6.07) is 0.737. The van der Waals surface area contributed by atoms with Crippen molar-refractivity contribution in [2.24, 2.45) is 29.4 Å². The Kier molecular flexibility index (Phi) is 2.48. The molecule has 0 aromatic rings. The molecular weight excluding hydrogens is 224 g/mol. The van der Waals surface area contributed by atoms with E-state index in [0.29, 0.717) is 23.8 Å². The summed E-state index contributed by atoms with van der Waals surface area (Å²) >= 11 is 0. The maximum atomic E-state index is 12.8. The van der Waals surface area contributed by atoms with Crippen LogP contribution in [0.4, 0.5) is 0 Å². The van der Waals surface area contributed by atoms with Gasteiger partial charge in [0.05, 0.1) is 5.92 Å². The van der Waals surface area contributed by atoms with Gasteiger partial charge in [-0.25, -0.2) is 0 Å². The average Bonchev–Trinajstić information content (AvgIpc) is 3.26. The highest BCUT2D eigenvalue weighted by molar-refractivity contribution is 5.81. The van der Waals surface area contributed by atoms with E-state index in [9.17, 15) is 4.79 Å². The molecule has 3 heteroatoms. The Morgan fingerprint density at radius 1 is 1.06 bits per heavy atom. The van der Waals surface area contributed by atoms with E-state index in [4.69, 9.17) is 5.73 Å². The van der Waals surface area contributed by atoms with Crippen molar-refractivity contribution in [3.05, 3.63) is 0 Å². The lowest BCUT2D eigenvalue weighted by atomic mass is 9.84. The molecule has 4 saturated carbocycles. The van der Waals surface area contributed by atoms with Crippen molar-refractivity contribution >= 4 is 5.91 Å². The van der Waals surface area contributed by atoms with Crippen LogP contribution in [0.25, 0.3) is 0 Å². The molecule has 4 unspecified atom stereocenters. The molecule has 0 saturated heterocycles. The van der Waals surface area contributed by atoms with E-state index in [1.54, 1.807) is 0 Å². The number of amides is 1. The topological polar surface area (TPSA) is 46.3 Å². The van der Waals surface area contributed by atoms with Crippen LogP contribution in [0, 0.1) is 23.7 Å². The molecule has 0 aromatic heterocycles. The zero-order chi connectivity index (χ0) is 12.3. The number of hydrogen-bond donors (Lipinski definition) is 1. The highest BCUT2D eigenvalue weighted by Gasteiger charge is 2.51. The molecule has 4 aliphatic rings. The number of fused-ring (bicyclic) bond motifs is 2. The van der Waals surface area contributed by atoms with Crippen LogP contribution in [0.3, 0.4) is 0 Å². The smallest absolute Gasteiger partial charge is 0.227 e. The first kappa shape index (κ1) is 11.3. The van der Waals surface area contributed by atoms with E-state index in [0.717, 1.165) is 12.5 Å². The summed E-state index contributed by atoms with van der Waals surface area (Å²) in [6.07, 6.45) is 8.86. The number of carbonyl (C=O) groups is 1. The third-order valence-electron chi connectivity index (χ3n) is 5.69. The molecule has 18 heavy (non-hydrogen) atoms. The summed E-state index contributed by atoms with van der Waals surface area (Å²) in [5.41, 5.74) is 6.32. The molecule has 2 N–H and O–H groups in total. The van der Waals surface area contributed by atoms with Gasteiger partial charge in [-0.3, -0.25) is 4.79 Å². The van der Waals surface area contributed by atoms with E-state index in [1.807, 2.05) is 0 Å². The van der Waals surface area contributed by atoms with Crippen LogP contribution in [0.5, 0.6) is 0 Å². The Balaban J connectivity index is 1.49. The normalized spacial score (nSPS) is 42.3. The van der Waals surface area contributed by atoms with E-state index in [2.05, 4.69) is 4.90 Å². The zero-order valence-electron chi connectivity index (χ0n) is 11.1. The van der Waals surface area contributed by atoms with E-state index in [-0.39, 0.29) is 12.0 Å². The van der Waals surface area contributed by atoms with Crippen molar-refractivity contribution in [2.75, 3.05) is 6.54 Å². The molecule has 0 heterocycles. The zero-order valence-corrected chi connectivity index (χ0v) is 11.1. The van der Waals surface area contributed by atoms with E-state index >= 15 is 0 Å². The SMILES string of the molecule is NC1C2CCC(C2)C1C(=O)N(CC1CC1)C1CC1. The van der Waals surface area contributed by atoms with Crippen LogP contribution in [0.15, 0.2) is 0 Å². The Morgan fingerprint density at radius 3 is 2.33 bits per heavy atom. The second-order valence-corrected chi connectivity index (χ2v) is 7.10. The molecule has 0 radical (unpaired) electrons. The van der Waals surface area contributed by atoms with Gasteiger partial charge in [0.2, 0.25) is 5.91 Å². The maximum Gasteiger partial charge on any atom is 0.227 e. The summed E-state index contributed by atoms with van der Waals surface area (Å²) in [7, 11) is 0. The molecule has 3 nitrogen and oxygen atoms in total. The first-order valence-corrected chi connectivity index (χ1v) is 7.80. The van der Waals surface area contributed by atoms with Crippen molar-refractivity contribution in [1.29, 1.82) is 0 Å². The minimum Gasteiger partial charge on any atom is -0.339 e. The van der Waals surface area contributed by atoms with Gasteiger partial charge in [0.25, 0.3) is 0 Å². The predicted molar refractivity (Wildman–Crippen MR) is 69.8 cm³/mol. The van der Waals surface area contributed by atoms with Gasteiger partial charge in [0.15, 0.2) is 0 Å². The van der Waals surface area contributed by atoms with Gasteiger partial charge in [-0.15, -0.1) is 0 Å². The summed E-state index contributed by atoms with van der Waals surface area (Å²) in [6.45, 7) is 1.03. The van der Waals surface area contributed by atoms with Crippen LogP contribution in [0.2, 0.25) is 0 Å². The molecule has 4 atom stereocenters. The van der Waals surface area contributed by atoms with Gasteiger partial charge < -0.3 is 10.6 Å². The van der Waals surface area contributed by atoms with Crippen LogP contribution in [-0.4, -0.2) is 29.4 Å². The largest absolute Gasteiger partial charge is 0.339 e. The van der Waals surface area contributed by atoms with Crippen LogP contribution in [0.1, 0.15) is 44.9 Å². The number of hydrogen-bond acceptors (Lipinski definition) is 2. The Labute approximate surface area is 109 Å². The van der Waals surface area contributed by atoms with Crippen molar-refractivity contribution in [3.63, 3.8) is 0 Å². The standard InChI is InChI=1S/C15H24N2O/c16-14-11-4-3-10(7-11)13(14)15(18)17(12-5-6-12)8-9-1-2-9/h9-14H,1-8,16H2. The maximum absolute atomic E-state index is 12.8. The molecule has 2 bridgehead atoms. The summed E-state index contributed by atoms with van der Waals surface area (Å²) in [4.78, 5) is 15.1. The molecule has 4 rings (SSSR count). The summed E-state index contributed by atoms with van der Waals surface area (Å²) < 4.78 is 0. The fraction of sp³-hybridized carbons (Fsp3) is 0.933. The first-order valence-electron chi connectivity index (χ1n) is 7.80. The fourth-order valence-electron chi connectivity index (χ4n) is 4.28. The van der Waals surface area contributed by atoms with Crippen molar-refractivity contribution in [2.45, 2.75) is 57.0 Å². The Morgan fingerprint density at radius 2 is 1.78 bits per heavy atom.